The van der Waals surface area contributed by atoms with E-state index < -0.39 is 19.7 Å². The van der Waals surface area contributed by atoms with E-state index in [4.69, 9.17) is 32.2 Å². The third-order valence-corrected chi connectivity index (χ3v) is 5.01. The molecule has 0 radical (unpaired) electrons. The summed E-state index contributed by atoms with van der Waals surface area (Å²) in [4.78, 5) is 11.7. The number of hydrazone groups is 1. The lowest BCUT2D eigenvalue weighted by molar-refractivity contribution is -0.118. The van der Waals surface area contributed by atoms with Crippen LogP contribution in [0, 0.1) is 0 Å². The van der Waals surface area contributed by atoms with E-state index in [2.05, 4.69) is 10.5 Å². The molecule has 0 spiro atoms. The molecule has 22 heavy (non-hydrogen) atoms. The highest BCUT2D eigenvalue weighted by atomic mass is 35.5. The molecule has 0 unspecified atom stereocenters. The molecule has 0 aromatic heterocycles. The minimum Gasteiger partial charge on any atom is -0.309 e. The number of carbonyl (C=O) groups excluding carboxylic acids is 1. The van der Waals surface area contributed by atoms with E-state index >= 15 is 0 Å². The molecule has 122 valence electrons. The number of amides is 1. The van der Waals surface area contributed by atoms with Crippen molar-refractivity contribution < 1.29 is 18.4 Å². The second-order valence-electron chi connectivity index (χ2n) is 4.03. The Balaban J connectivity index is 2.66. The summed E-state index contributed by atoms with van der Waals surface area (Å²) in [7, 11) is -3.44. The number of hydrogen-bond acceptors (Lipinski definition) is 5. The van der Waals surface area contributed by atoms with Crippen LogP contribution in [0.1, 0.15) is 19.4 Å². The number of nitrogens with zero attached hydrogens (tertiary/aromatic N) is 1. The molecule has 1 rings (SSSR count). The molecular formula is C13H17Cl2N2O4P. The average molecular weight is 367 g/mol. The standard InChI is InChI=1S/C13H17Cl2N2O4P/c1-3-20-22(19,21-4-2)9-13(18)17-16-8-10-11(14)6-5-7-12(10)15/h5-8H,3-4,9H2,1-2H3,(H,17,18)/b16-8-. The van der Waals surface area contributed by atoms with Gasteiger partial charge in [-0.1, -0.05) is 29.3 Å². The van der Waals surface area contributed by atoms with Crippen molar-refractivity contribution in [3.05, 3.63) is 33.8 Å². The van der Waals surface area contributed by atoms with Gasteiger partial charge in [-0.15, -0.1) is 0 Å². The lowest BCUT2D eigenvalue weighted by atomic mass is 10.2. The highest BCUT2D eigenvalue weighted by Crippen LogP contribution is 2.47. The van der Waals surface area contributed by atoms with Gasteiger partial charge in [0.15, 0.2) is 0 Å². The van der Waals surface area contributed by atoms with Crippen molar-refractivity contribution in [1.29, 1.82) is 0 Å². The Labute approximate surface area is 139 Å². The maximum atomic E-state index is 12.2. The Bertz CT molecular complexity index is 565. The van der Waals surface area contributed by atoms with Crippen molar-refractivity contribution in [1.82, 2.24) is 5.43 Å². The Morgan fingerprint density at radius 2 is 1.82 bits per heavy atom. The molecule has 1 aromatic rings. The van der Waals surface area contributed by atoms with Gasteiger partial charge in [-0.05, 0) is 26.0 Å². The van der Waals surface area contributed by atoms with E-state index in [9.17, 15) is 9.36 Å². The minimum atomic E-state index is -3.44. The van der Waals surface area contributed by atoms with Gasteiger partial charge in [0.05, 0.1) is 29.5 Å². The van der Waals surface area contributed by atoms with Gasteiger partial charge in [-0.2, -0.15) is 5.10 Å². The molecule has 0 bridgehead atoms. The third kappa shape index (κ3) is 6.07. The SMILES string of the molecule is CCOP(=O)(CC(=O)N/N=C\c1c(Cl)cccc1Cl)OCC. The highest BCUT2D eigenvalue weighted by Gasteiger charge is 2.27. The molecule has 0 saturated carbocycles. The molecule has 0 aliphatic heterocycles. The Kier molecular flexibility index (Phi) is 8.07. The van der Waals surface area contributed by atoms with Crippen LogP contribution in [0.15, 0.2) is 23.3 Å². The van der Waals surface area contributed by atoms with Crippen LogP contribution < -0.4 is 5.43 Å². The number of carbonyl (C=O) groups is 1. The van der Waals surface area contributed by atoms with Crippen LogP contribution in [-0.4, -0.2) is 31.5 Å². The first-order valence-corrected chi connectivity index (χ1v) is 9.04. The van der Waals surface area contributed by atoms with Crippen LogP contribution in [0.3, 0.4) is 0 Å². The van der Waals surface area contributed by atoms with Gasteiger partial charge in [0.1, 0.15) is 6.16 Å². The Morgan fingerprint density at radius 1 is 1.27 bits per heavy atom. The lowest BCUT2D eigenvalue weighted by Crippen LogP contribution is -2.22. The largest absolute Gasteiger partial charge is 0.340 e. The van der Waals surface area contributed by atoms with Crippen molar-refractivity contribution in [2.45, 2.75) is 13.8 Å². The quantitative estimate of drug-likeness (QED) is 0.432. The first-order chi connectivity index (χ1) is 10.4. The van der Waals surface area contributed by atoms with Gasteiger partial charge in [0.2, 0.25) is 0 Å². The monoisotopic (exact) mass is 366 g/mol. The molecule has 6 nitrogen and oxygen atoms in total. The maximum Gasteiger partial charge on any atom is 0.340 e. The zero-order chi connectivity index (χ0) is 16.6. The number of benzene rings is 1. The summed E-state index contributed by atoms with van der Waals surface area (Å²) >= 11 is 11.9. The lowest BCUT2D eigenvalue weighted by Gasteiger charge is -2.15. The van der Waals surface area contributed by atoms with Crippen molar-refractivity contribution in [3.63, 3.8) is 0 Å². The highest BCUT2D eigenvalue weighted by molar-refractivity contribution is 7.54. The molecule has 1 N–H and O–H groups in total. The fourth-order valence-corrected chi connectivity index (χ4v) is 3.50. The normalized spacial score (nSPS) is 11.8. The average Bonchev–Trinajstić information content (AvgIpc) is 2.42. The summed E-state index contributed by atoms with van der Waals surface area (Å²) in [5, 5.41) is 4.55. The molecule has 0 atom stereocenters. The number of hydrogen-bond donors (Lipinski definition) is 1. The van der Waals surface area contributed by atoms with Crippen LogP contribution in [0.25, 0.3) is 0 Å². The summed E-state index contributed by atoms with van der Waals surface area (Å²) in [6.45, 7) is 3.70. The predicted octanol–water partition coefficient (Wildman–Crippen LogP) is 3.71. The van der Waals surface area contributed by atoms with Crippen LogP contribution in [0.5, 0.6) is 0 Å². The number of halogens is 2. The van der Waals surface area contributed by atoms with Crippen molar-refractivity contribution in [3.8, 4) is 0 Å². The Hall–Kier alpha value is -0.910. The van der Waals surface area contributed by atoms with E-state index in [-0.39, 0.29) is 13.2 Å². The summed E-state index contributed by atoms with van der Waals surface area (Å²) < 4.78 is 22.2. The second kappa shape index (κ2) is 9.28. The zero-order valence-electron chi connectivity index (χ0n) is 12.2. The molecule has 1 aromatic carbocycles. The van der Waals surface area contributed by atoms with Crippen LogP contribution >= 0.6 is 30.8 Å². The van der Waals surface area contributed by atoms with Gasteiger partial charge < -0.3 is 9.05 Å². The van der Waals surface area contributed by atoms with Crippen LogP contribution in [0.2, 0.25) is 10.0 Å². The summed E-state index contributed by atoms with van der Waals surface area (Å²) in [5.74, 6) is -0.593. The van der Waals surface area contributed by atoms with Gasteiger partial charge >= 0.3 is 7.60 Å². The van der Waals surface area contributed by atoms with Gasteiger partial charge in [-0.3, -0.25) is 9.36 Å². The zero-order valence-corrected chi connectivity index (χ0v) is 14.6. The summed E-state index contributed by atoms with van der Waals surface area (Å²) in [6, 6.07) is 4.99. The number of rotatable bonds is 8. The summed E-state index contributed by atoms with van der Waals surface area (Å²) in [6.07, 6.45) is 0.900. The van der Waals surface area contributed by atoms with Gasteiger partial charge in [0, 0.05) is 5.56 Å². The van der Waals surface area contributed by atoms with Crippen molar-refractivity contribution >= 4 is 42.9 Å². The number of nitrogens with one attached hydrogen (secondary N) is 1. The van der Waals surface area contributed by atoms with Gasteiger partial charge in [0.25, 0.3) is 5.91 Å². The van der Waals surface area contributed by atoms with Gasteiger partial charge in [-0.25, -0.2) is 5.43 Å². The summed E-state index contributed by atoms with van der Waals surface area (Å²) in [5.41, 5.74) is 2.71. The smallest absolute Gasteiger partial charge is 0.309 e. The van der Waals surface area contributed by atoms with E-state index in [1.807, 2.05) is 0 Å². The molecule has 9 heteroatoms. The predicted molar refractivity (Wildman–Crippen MR) is 87.9 cm³/mol. The maximum absolute atomic E-state index is 12.2. The molecule has 0 aliphatic carbocycles. The first-order valence-electron chi connectivity index (χ1n) is 6.56. The molecule has 0 aliphatic rings. The van der Waals surface area contributed by atoms with Crippen LogP contribution in [-0.2, 0) is 18.4 Å². The topological polar surface area (TPSA) is 77.0 Å². The molecule has 1 amide bonds. The second-order valence-corrected chi connectivity index (χ2v) is 6.90. The molecular weight excluding hydrogens is 350 g/mol. The molecule has 0 heterocycles. The minimum absolute atomic E-state index is 0.184. The first kappa shape index (κ1) is 19.1. The van der Waals surface area contributed by atoms with E-state index in [1.165, 1.54) is 6.21 Å². The van der Waals surface area contributed by atoms with E-state index in [0.717, 1.165) is 0 Å². The molecule has 0 fully saturated rings. The van der Waals surface area contributed by atoms with E-state index in [0.29, 0.717) is 15.6 Å². The molecule has 0 saturated heterocycles. The third-order valence-electron chi connectivity index (χ3n) is 2.37. The van der Waals surface area contributed by atoms with Crippen molar-refractivity contribution in [2.24, 2.45) is 5.10 Å². The van der Waals surface area contributed by atoms with Crippen LogP contribution in [0.4, 0.5) is 0 Å². The fraction of sp³-hybridized carbons (Fsp3) is 0.385. The fourth-order valence-electron chi connectivity index (χ4n) is 1.54. The Morgan fingerprint density at radius 3 is 2.32 bits per heavy atom. The van der Waals surface area contributed by atoms with Crippen molar-refractivity contribution in [2.75, 3.05) is 19.4 Å². The van der Waals surface area contributed by atoms with E-state index in [1.54, 1.807) is 32.0 Å².